The molecule has 51 heavy (non-hydrogen) atoms. The van der Waals surface area contributed by atoms with E-state index in [1.165, 1.54) is 44.9 Å². The number of hydrogen-bond acceptors (Lipinski definition) is 11. The molecule has 0 amide bonds. The fourth-order valence-corrected chi connectivity index (χ4v) is 4.28. The zero-order chi connectivity index (χ0) is 37.4. The highest BCUT2D eigenvalue weighted by Gasteiger charge is 2.28. The molecule has 0 unspecified atom stereocenters. The summed E-state index contributed by atoms with van der Waals surface area (Å²) < 4.78 is 113. The number of halogens is 5. The molecular formula is C35H55F5O11. The maximum atomic E-state index is 13.5. The van der Waals surface area contributed by atoms with Gasteiger partial charge in [0.05, 0.1) is 98.9 Å². The van der Waals surface area contributed by atoms with Gasteiger partial charge in [0.1, 0.15) is 6.61 Å². The summed E-state index contributed by atoms with van der Waals surface area (Å²) in [5, 5.41) is 0. The third-order valence-corrected chi connectivity index (χ3v) is 7.04. The van der Waals surface area contributed by atoms with Gasteiger partial charge in [-0.15, -0.1) is 0 Å². The van der Waals surface area contributed by atoms with Crippen LogP contribution in [-0.2, 0) is 47.5 Å². The number of benzene rings is 1. The first-order chi connectivity index (χ1) is 24.8. The van der Waals surface area contributed by atoms with Crippen LogP contribution in [0.3, 0.4) is 0 Å². The Hall–Kier alpha value is -2.47. The molecule has 11 nitrogen and oxygen atoms in total. The normalized spacial score (nSPS) is 11.3. The molecule has 0 aliphatic carbocycles. The summed E-state index contributed by atoms with van der Waals surface area (Å²) in [5.74, 6) is -14.3. The highest BCUT2D eigenvalue weighted by Crippen LogP contribution is 2.29. The Kier molecular flexibility index (Phi) is 29.4. The molecule has 1 aromatic rings. The molecule has 0 aromatic heterocycles. The molecule has 0 spiro atoms. The lowest BCUT2D eigenvalue weighted by atomic mass is 10.1. The van der Waals surface area contributed by atoms with Crippen LogP contribution < -0.4 is 4.74 Å². The molecule has 0 aliphatic heterocycles. The fraction of sp³-hybridized carbons (Fsp3) is 0.771. The maximum absolute atomic E-state index is 13.5. The Morgan fingerprint density at radius 3 is 1.14 bits per heavy atom. The van der Waals surface area contributed by atoms with E-state index in [2.05, 4.69) is 11.7 Å². The van der Waals surface area contributed by atoms with Gasteiger partial charge in [-0.25, -0.2) is 13.2 Å². The molecule has 0 fully saturated rings. The molecule has 1 aromatic carbocycles. The monoisotopic (exact) mass is 746 g/mol. The fourth-order valence-electron chi connectivity index (χ4n) is 4.28. The van der Waals surface area contributed by atoms with Gasteiger partial charge in [0.25, 0.3) is 0 Å². The molecule has 0 bridgehead atoms. The average Bonchev–Trinajstić information content (AvgIpc) is 3.12. The Bertz CT molecular complexity index is 1020. The van der Waals surface area contributed by atoms with Crippen molar-refractivity contribution in [3.8, 4) is 5.75 Å². The van der Waals surface area contributed by atoms with Gasteiger partial charge < -0.3 is 42.6 Å². The third kappa shape index (κ3) is 24.4. The molecule has 296 valence electrons. The van der Waals surface area contributed by atoms with Crippen molar-refractivity contribution in [3.63, 3.8) is 0 Å². The SMILES string of the molecule is CCCCCCCCCCCC(=O)OCCOCCOCCOCCOCCOCCOCCOCCC(=O)Oc1c(F)c(F)c(F)c(F)c1F. The molecule has 0 saturated heterocycles. The second-order valence-electron chi connectivity index (χ2n) is 11.2. The third-order valence-electron chi connectivity index (χ3n) is 7.04. The Labute approximate surface area is 297 Å². The van der Waals surface area contributed by atoms with Gasteiger partial charge in [0, 0.05) is 6.42 Å². The van der Waals surface area contributed by atoms with Gasteiger partial charge in [-0.3, -0.25) is 9.59 Å². The lowest BCUT2D eigenvalue weighted by Gasteiger charge is -2.09. The van der Waals surface area contributed by atoms with E-state index in [0.717, 1.165) is 12.8 Å². The first kappa shape index (κ1) is 46.6. The molecule has 0 N–H and O–H groups in total. The first-order valence-corrected chi connectivity index (χ1v) is 17.7. The number of carbonyl (C=O) groups excluding carboxylic acids is 2. The summed E-state index contributed by atoms with van der Waals surface area (Å²) in [6.07, 6.45) is 10.8. The minimum absolute atomic E-state index is 0.0792. The summed E-state index contributed by atoms with van der Waals surface area (Å²) in [7, 11) is 0. The minimum atomic E-state index is -2.35. The second-order valence-corrected chi connectivity index (χ2v) is 11.2. The Morgan fingerprint density at radius 1 is 0.392 bits per heavy atom. The molecule has 16 heteroatoms. The molecular weight excluding hydrogens is 691 g/mol. The van der Waals surface area contributed by atoms with Gasteiger partial charge in [0.2, 0.25) is 34.8 Å². The van der Waals surface area contributed by atoms with E-state index < -0.39 is 47.2 Å². The van der Waals surface area contributed by atoms with Crippen LogP contribution in [-0.4, -0.2) is 111 Å². The standard InChI is InChI=1S/C35H55F5O11/c1-2-3-4-5-6-7-8-9-10-11-28(41)50-27-26-49-25-24-48-23-22-47-21-20-46-19-18-45-17-16-44-15-14-43-13-12-29(42)51-35-33(39)31(37)30(36)32(38)34(35)40/h2-27H2,1H3. The van der Waals surface area contributed by atoms with E-state index in [9.17, 15) is 31.5 Å². The van der Waals surface area contributed by atoms with Gasteiger partial charge in [-0.1, -0.05) is 58.3 Å². The summed E-state index contributed by atoms with van der Waals surface area (Å²) in [6.45, 7) is 6.58. The summed E-state index contributed by atoms with van der Waals surface area (Å²) in [4.78, 5) is 23.4. The number of unbranched alkanes of at least 4 members (excludes halogenated alkanes) is 8. The predicted molar refractivity (Wildman–Crippen MR) is 175 cm³/mol. The van der Waals surface area contributed by atoms with Crippen LogP contribution in [0.25, 0.3) is 0 Å². The molecule has 1 rings (SSSR count). The number of ether oxygens (including phenoxy) is 9. The van der Waals surface area contributed by atoms with Crippen molar-refractivity contribution in [2.45, 2.75) is 77.6 Å². The van der Waals surface area contributed by atoms with Crippen LogP contribution in [0.15, 0.2) is 0 Å². The van der Waals surface area contributed by atoms with Crippen LogP contribution in [0.5, 0.6) is 5.75 Å². The first-order valence-electron chi connectivity index (χ1n) is 17.7. The van der Waals surface area contributed by atoms with E-state index >= 15 is 0 Å². The van der Waals surface area contributed by atoms with Crippen LogP contribution >= 0.6 is 0 Å². The molecule has 0 heterocycles. The van der Waals surface area contributed by atoms with Gasteiger partial charge >= 0.3 is 11.9 Å². The smallest absolute Gasteiger partial charge is 0.313 e. The minimum Gasteiger partial charge on any atom is -0.463 e. The van der Waals surface area contributed by atoms with Crippen LogP contribution in [0.2, 0.25) is 0 Å². The van der Waals surface area contributed by atoms with Gasteiger partial charge in [-0.05, 0) is 6.42 Å². The quantitative estimate of drug-likeness (QED) is 0.0196. The lowest BCUT2D eigenvalue weighted by molar-refractivity contribution is -0.145. The van der Waals surface area contributed by atoms with Gasteiger partial charge in [-0.2, -0.15) is 8.78 Å². The second kappa shape index (κ2) is 32.2. The van der Waals surface area contributed by atoms with Crippen molar-refractivity contribution in [1.82, 2.24) is 0 Å². The van der Waals surface area contributed by atoms with Crippen molar-refractivity contribution in [1.29, 1.82) is 0 Å². The lowest BCUT2D eigenvalue weighted by Crippen LogP contribution is -2.16. The zero-order valence-corrected chi connectivity index (χ0v) is 29.8. The van der Waals surface area contributed by atoms with E-state index in [1.54, 1.807) is 0 Å². The summed E-state index contributed by atoms with van der Waals surface area (Å²) in [6, 6.07) is 0. The van der Waals surface area contributed by atoms with Crippen molar-refractivity contribution < 1.29 is 74.2 Å². The Balaban J connectivity index is 1.77. The van der Waals surface area contributed by atoms with Crippen molar-refractivity contribution in [2.24, 2.45) is 0 Å². The van der Waals surface area contributed by atoms with E-state index in [-0.39, 0.29) is 39.0 Å². The van der Waals surface area contributed by atoms with Crippen LogP contribution in [0.1, 0.15) is 77.6 Å². The zero-order valence-electron chi connectivity index (χ0n) is 29.8. The van der Waals surface area contributed by atoms with Crippen molar-refractivity contribution in [2.75, 3.05) is 99.1 Å². The summed E-state index contributed by atoms with van der Waals surface area (Å²) >= 11 is 0. The number of rotatable bonds is 35. The van der Waals surface area contributed by atoms with Crippen molar-refractivity contribution in [3.05, 3.63) is 29.1 Å². The highest BCUT2D eigenvalue weighted by molar-refractivity contribution is 5.72. The maximum Gasteiger partial charge on any atom is 0.313 e. The van der Waals surface area contributed by atoms with E-state index in [0.29, 0.717) is 72.5 Å². The van der Waals surface area contributed by atoms with E-state index in [4.69, 9.17) is 37.9 Å². The predicted octanol–water partition coefficient (Wildman–Crippen LogP) is 6.26. The van der Waals surface area contributed by atoms with E-state index in [1.807, 2.05) is 0 Å². The van der Waals surface area contributed by atoms with Gasteiger partial charge in [0.15, 0.2) is 0 Å². The number of esters is 2. The number of carbonyl (C=O) groups is 2. The Morgan fingerprint density at radius 2 is 0.725 bits per heavy atom. The average molecular weight is 747 g/mol. The summed E-state index contributed by atoms with van der Waals surface area (Å²) in [5.41, 5.74) is 0. The van der Waals surface area contributed by atoms with Crippen molar-refractivity contribution >= 4 is 11.9 Å². The topological polar surface area (TPSA) is 117 Å². The van der Waals surface area contributed by atoms with Crippen LogP contribution in [0.4, 0.5) is 22.0 Å². The molecule has 0 atom stereocenters. The molecule has 0 aliphatic rings. The highest BCUT2D eigenvalue weighted by atomic mass is 19.2. The van der Waals surface area contributed by atoms with Crippen LogP contribution in [0, 0.1) is 29.1 Å². The molecule has 0 radical (unpaired) electrons. The number of hydrogen-bond donors (Lipinski definition) is 0. The molecule has 0 saturated carbocycles. The largest absolute Gasteiger partial charge is 0.463 e.